The van der Waals surface area contributed by atoms with E-state index in [2.05, 4.69) is 16.0 Å². The molecule has 0 radical (unpaired) electrons. The van der Waals surface area contributed by atoms with Gasteiger partial charge >= 0.3 is 6.03 Å². The first-order valence-electron chi connectivity index (χ1n) is 7.71. The average Bonchev–Trinajstić information content (AvgIpc) is 3.05. The number of amides is 3. The Morgan fingerprint density at radius 2 is 1.80 bits per heavy atom. The van der Waals surface area contributed by atoms with Crippen LogP contribution in [0.1, 0.15) is 28.2 Å². The minimum absolute atomic E-state index is 0.133. The Bertz CT molecular complexity index is 718. The third kappa shape index (κ3) is 5.95. The van der Waals surface area contributed by atoms with E-state index >= 15 is 0 Å². The normalized spacial score (nSPS) is 11.5. The predicted octanol–water partition coefficient (Wildman–Crippen LogP) is 3.20. The third-order valence-corrected chi connectivity index (χ3v) is 4.83. The molecule has 2 rings (SSSR count). The maximum Gasteiger partial charge on any atom is 0.315 e. The molecule has 0 aliphatic heterocycles. The summed E-state index contributed by atoms with van der Waals surface area (Å²) in [5.74, 6) is 0.488. The molecule has 0 aliphatic rings. The highest BCUT2D eigenvalue weighted by Gasteiger charge is 2.11. The van der Waals surface area contributed by atoms with E-state index in [-0.39, 0.29) is 18.0 Å². The van der Waals surface area contributed by atoms with Crippen molar-refractivity contribution in [3.05, 3.63) is 51.2 Å². The lowest BCUT2D eigenvalue weighted by molar-refractivity contribution is 0.0953. The first-order valence-corrected chi connectivity index (χ1v) is 8.91. The number of ether oxygens (including phenoxy) is 1. The molecule has 2 aromatic rings. The van der Waals surface area contributed by atoms with E-state index in [4.69, 9.17) is 16.3 Å². The molecule has 0 spiro atoms. The molecular formula is C17H20ClN3O3S. The van der Waals surface area contributed by atoms with Gasteiger partial charge in [0.2, 0.25) is 0 Å². The summed E-state index contributed by atoms with van der Waals surface area (Å²) in [4.78, 5) is 24.8. The fourth-order valence-corrected chi connectivity index (χ4v) is 3.14. The van der Waals surface area contributed by atoms with Crippen LogP contribution >= 0.6 is 22.9 Å². The molecular weight excluding hydrogens is 362 g/mol. The molecule has 0 saturated heterocycles. The Hall–Kier alpha value is -2.25. The lowest BCUT2D eigenvalue weighted by atomic mass is 10.2. The van der Waals surface area contributed by atoms with Gasteiger partial charge < -0.3 is 20.7 Å². The van der Waals surface area contributed by atoms with Crippen LogP contribution in [0.15, 0.2) is 36.4 Å². The van der Waals surface area contributed by atoms with Gasteiger partial charge in [0.25, 0.3) is 5.91 Å². The molecule has 0 aliphatic carbocycles. The minimum atomic E-state index is -0.296. The van der Waals surface area contributed by atoms with Crippen LogP contribution in [0.2, 0.25) is 4.34 Å². The monoisotopic (exact) mass is 381 g/mol. The molecule has 1 unspecified atom stereocenters. The van der Waals surface area contributed by atoms with Crippen molar-refractivity contribution in [2.24, 2.45) is 0 Å². The quantitative estimate of drug-likeness (QED) is 0.644. The summed E-state index contributed by atoms with van der Waals surface area (Å²) in [6.45, 7) is 2.54. The van der Waals surface area contributed by atoms with Crippen LogP contribution in [0, 0.1) is 0 Å². The van der Waals surface area contributed by atoms with Gasteiger partial charge in [-0.1, -0.05) is 11.6 Å². The number of hydrogen-bond donors (Lipinski definition) is 3. The summed E-state index contributed by atoms with van der Waals surface area (Å²) in [5, 5.41) is 8.26. The van der Waals surface area contributed by atoms with Crippen LogP contribution in [-0.4, -0.2) is 32.1 Å². The molecule has 134 valence electrons. The second kappa shape index (κ2) is 9.29. The molecule has 3 N–H and O–H groups in total. The van der Waals surface area contributed by atoms with E-state index in [9.17, 15) is 9.59 Å². The van der Waals surface area contributed by atoms with Gasteiger partial charge in [-0.05, 0) is 43.3 Å². The summed E-state index contributed by atoms with van der Waals surface area (Å²) in [6, 6.07) is 10.1. The topological polar surface area (TPSA) is 79.5 Å². The van der Waals surface area contributed by atoms with Crippen LogP contribution < -0.4 is 20.7 Å². The van der Waals surface area contributed by atoms with E-state index in [0.717, 1.165) is 4.88 Å². The Kier molecular flexibility index (Phi) is 7.09. The SMILES string of the molecule is COc1ccc(C(=O)NCCNC(=O)NC(C)c2ccc(Cl)s2)cc1. The zero-order valence-electron chi connectivity index (χ0n) is 14.0. The summed E-state index contributed by atoms with van der Waals surface area (Å²) >= 11 is 7.31. The van der Waals surface area contributed by atoms with Crippen molar-refractivity contribution < 1.29 is 14.3 Å². The summed E-state index contributed by atoms with van der Waals surface area (Å²) in [7, 11) is 1.57. The van der Waals surface area contributed by atoms with E-state index in [0.29, 0.717) is 28.7 Å². The first kappa shape index (κ1) is 19.1. The Balaban J connectivity index is 1.67. The second-order valence-electron chi connectivity index (χ2n) is 5.25. The molecule has 8 heteroatoms. The van der Waals surface area contributed by atoms with Gasteiger partial charge in [-0.3, -0.25) is 4.79 Å². The molecule has 1 heterocycles. The van der Waals surface area contributed by atoms with Crippen LogP contribution in [0.25, 0.3) is 0 Å². The smallest absolute Gasteiger partial charge is 0.315 e. The number of methoxy groups -OCH3 is 1. The fourth-order valence-electron chi connectivity index (χ4n) is 2.08. The number of halogens is 1. The fraction of sp³-hybridized carbons (Fsp3) is 0.294. The highest BCUT2D eigenvalue weighted by molar-refractivity contribution is 7.16. The van der Waals surface area contributed by atoms with Crippen molar-refractivity contribution >= 4 is 34.9 Å². The Morgan fingerprint density at radius 3 is 2.40 bits per heavy atom. The maximum absolute atomic E-state index is 12.0. The number of benzene rings is 1. The van der Waals surface area contributed by atoms with Gasteiger partial charge in [0.15, 0.2) is 0 Å². The van der Waals surface area contributed by atoms with Crippen LogP contribution in [0.3, 0.4) is 0 Å². The van der Waals surface area contributed by atoms with E-state index in [1.54, 1.807) is 37.4 Å². The van der Waals surface area contributed by atoms with E-state index in [1.807, 2.05) is 13.0 Å². The molecule has 6 nitrogen and oxygen atoms in total. The zero-order valence-corrected chi connectivity index (χ0v) is 15.5. The zero-order chi connectivity index (χ0) is 18.2. The number of rotatable bonds is 7. The van der Waals surface area contributed by atoms with Gasteiger partial charge in [0, 0.05) is 23.5 Å². The van der Waals surface area contributed by atoms with Crippen molar-refractivity contribution in [2.45, 2.75) is 13.0 Å². The number of carbonyl (C=O) groups is 2. The average molecular weight is 382 g/mol. The number of carbonyl (C=O) groups excluding carboxylic acids is 2. The standard InChI is InChI=1S/C17H20ClN3O3S/c1-11(14-7-8-15(18)25-14)21-17(23)20-10-9-19-16(22)12-3-5-13(24-2)6-4-12/h3-8,11H,9-10H2,1-2H3,(H,19,22)(H2,20,21,23). The maximum atomic E-state index is 12.0. The van der Waals surface area contributed by atoms with Crippen molar-refractivity contribution in [1.29, 1.82) is 0 Å². The van der Waals surface area contributed by atoms with Gasteiger partial charge in [-0.25, -0.2) is 4.79 Å². The minimum Gasteiger partial charge on any atom is -0.497 e. The van der Waals surface area contributed by atoms with E-state index < -0.39 is 0 Å². The molecule has 0 saturated carbocycles. The van der Waals surface area contributed by atoms with Crippen LogP contribution in [0.5, 0.6) is 5.75 Å². The Morgan fingerprint density at radius 1 is 1.12 bits per heavy atom. The van der Waals surface area contributed by atoms with Crippen molar-refractivity contribution in [3.8, 4) is 5.75 Å². The first-order chi connectivity index (χ1) is 12.0. The van der Waals surface area contributed by atoms with Gasteiger partial charge in [-0.15, -0.1) is 11.3 Å². The number of nitrogens with one attached hydrogen (secondary N) is 3. The summed E-state index contributed by atoms with van der Waals surface area (Å²) in [6.07, 6.45) is 0. The van der Waals surface area contributed by atoms with Gasteiger partial charge in [0.1, 0.15) is 5.75 Å². The van der Waals surface area contributed by atoms with Crippen molar-refractivity contribution in [1.82, 2.24) is 16.0 Å². The molecule has 1 aromatic carbocycles. The van der Waals surface area contributed by atoms with Gasteiger partial charge in [0.05, 0.1) is 17.5 Å². The van der Waals surface area contributed by atoms with Gasteiger partial charge in [-0.2, -0.15) is 0 Å². The highest BCUT2D eigenvalue weighted by atomic mass is 35.5. The molecule has 3 amide bonds. The molecule has 0 bridgehead atoms. The lowest BCUT2D eigenvalue weighted by Crippen LogP contribution is -2.41. The summed E-state index contributed by atoms with van der Waals surface area (Å²) in [5.41, 5.74) is 0.536. The van der Waals surface area contributed by atoms with Crippen LogP contribution in [0.4, 0.5) is 4.79 Å². The number of urea groups is 1. The predicted molar refractivity (Wildman–Crippen MR) is 99.6 cm³/mol. The summed E-state index contributed by atoms with van der Waals surface area (Å²) < 4.78 is 5.73. The number of thiophene rings is 1. The van der Waals surface area contributed by atoms with E-state index in [1.165, 1.54) is 11.3 Å². The lowest BCUT2D eigenvalue weighted by Gasteiger charge is -2.13. The second-order valence-corrected chi connectivity index (χ2v) is 6.99. The van der Waals surface area contributed by atoms with Crippen molar-refractivity contribution in [2.75, 3.05) is 20.2 Å². The molecule has 1 aromatic heterocycles. The molecule has 1 atom stereocenters. The molecule has 25 heavy (non-hydrogen) atoms. The highest BCUT2D eigenvalue weighted by Crippen LogP contribution is 2.26. The Labute approximate surface area is 155 Å². The molecule has 0 fully saturated rings. The third-order valence-electron chi connectivity index (χ3n) is 3.42. The van der Waals surface area contributed by atoms with Crippen molar-refractivity contribution in [3.63, 3.8) is 0 Å². The number of hydrogen-bond acceptors (Lipinski definition) is 4. The van der Waals surface area contributed by atoms with Crippen LogP contribution in [-0.2, 0) is 0 Å². The largest absolute Gasteiger partial charge is 0.497 e.